The van der Waals surface area contributed by atoms with Gasteiger partial charge >= 0.3 is 6.03 Å². The number of hydrogen-bond donors (Lipinski definition) is 2. The minimum atomic E-state index is -1.62. The van der Waals surface area contributed by atoms with Crippen molar-refractivity contribution in [3.8, 4) is 0 Å². The van der Waals surface area contributed by atoms with Gasteiger partial charge in [-0.1, -0.05) is 0 Å². The van der Waals surface area contributed by atoms with Crippen molar-refractivity contribution in [3.05, 3.63) is 59.9 Å². The Morgan fingerprint density at radius 3 is 2.52 bits per heavy atom. The van der Waals surface area contributed by atoms with Crippen molar-refractivity contribution in [2.24, 2.45) is 0 Å². The minimum Gasteiger partial charge on any atom is -0.360 e. The van der Waals surface area contributed by atoms with E-state index in [9.17, 15) is 18.4 Å². The lowest BCUT2D eigenvalue weighted by Gasteiger charge is -2.34. The molecule has 3 amide bonds. The van der Waals surface area contributed by atoms with E-state index in [1.807, 2.05) is 24.5 Å². The second kappa shape index (κ2) is 7.40. The van der Waals surface area contributed by atoms with Crippen LogP contribution in [-0.4, -0.2) is 49.7 Å². The van der Waals surface area contributed by atoms with E-state index in [-0.39, 0.29) is 12.2 Å². The molecule has 2 aliphatic heterocycles. The van der Waals surface area contributed by atoms with Crippen LogP contribution in [0.25, 0.3) is 0 Å². The Balaban J connectivity index is 1.44. The molecule has 4 rings (SSSR count). The van der Waals surface area contributed by atoms with Crippen LogP contribution in [0.1, 0.15) is 12.5 Å². The average Bonchev–Trinajstić information content (AvgIpc) is 2.95. The zero-order valence-corrected chi connectivity index (χ0v) is 16.0. The highest BCUT2D eigenvalue weighted by molar-refractivity contribution is 6.07. The largest absolute Gasteiger partial charge is 0.360 e. The van der Waals surface area contributed by atoms with Crippen LogP contribution < -0.4 is 20.1 Å². The molecular formula is C20H23F2N5O2+2. The van der Waals surface area contributed by atoms with E-state index in [0.29, 0.717) is 0 Å². The number of urea groups is 1. The Kier molecular flexibility index (Phi) is 4.91. The molecule has 1 aromatic carbocycles. The van der Waals surface area contributed by atoms with Crippen LogP contribution in [0.15, 0.2) is 42.7 Å². The Labute approximate surface area is 166 Å². The predicted molar refractivity (Wildman–Crippen MR) is 99.9 cm³/mol. The molecule has 1 aromatic heterocycles. The maximum Gasteiger partial charge on any atom is 0.329 e. The van der Waals surface area contributed by atoms with E-state index < -0.39 is 29.1 Å². The van der Waals surface area contributed by atoms with E-state index in [0.717, 1.165) is 59.9 Å². The number of H-pyrrole nitrogens is 1. The summed E-state index contributed by atoms with van der Waals surface area (Å²) in [6.07, 6.45) is 3.74. The van der Waals surface area contributed by atoms with Gasteiger partial charge in [0.25, 0.3) is 5.91 Å². The number of aromatic amines is 1. The van der Waals surface area contributed by atoms with E-state index >= 15 is 0 Å². The number of imide groups is 1. The minimum absolute atomic E-state index is 0.168. The average molecular weight is 403 g/mol. The lowest BCUT2D eigenvalue weighted by molar-refractivity contribution is -0.907. The fourth-order valence-electron chi connectivity index (χ4n) is 3.96. The Morgan fingerprint density at radius 2 is 1.83 bits per heavy atom. The number of rotatable bonds is 4. The zero-order chi connectivity index (χ0) is 20.6. The number of halogens is 2. The van der Waals surface area contributed by atoms with Crippen molar-refractivity contribution in [2.75, 3.05) is 37.7 Å². The summed E-state index contributed by atoms with van der Waals surface area (Å²) in [5.41, 5.74) is -0.670. The van der Waals surface area contributed by atoms with Crippen LogP contribution in [0.5, 0.6) is 0 Å². The van der Waals surface area contributed by atoms with Crippen LogP contribution in [0, 0.1) is 11.6 Å². The monoisotopic (exact) mass is 403 g/mol. The third-order valence-electron chi connectivity index (χ3n) is 5.66. The second-order valence-corrected chi connectivity index (χ2v) is 7.57. The number of piperazine rings is 1. The molecule has 29 heavy (non-hydrogen) atoms. The topological polar surface area (TPSA) is 71.2 Å². The van der Waals surface area contributed by atoms with Crippen molar-refractivity contribution < 1.29 is 28.3 Å². The van der Waals surface area contributed by atoms with E-state index in [4.69, 9.17) is 0 Å². The smallest absolute Gasteiger partial charge is 0.329 e. The second-order valence-electron chi connectivity index (χ2n) is 7.57. The molecule has 0 aliphatic carbocycles. The molecule has 0 saturated carbocycles. The highest BCUT2D eigenvalue weighted by Crippen LogP contribution is 2.30. The number of hydrogen-bond acceptors (Lipinski definition) is 3. The van der Waals surface area contributed by atoms with E-state index in [1.165, 1.54) is 6.92 Å². The van der Waals surface area contributed by atoms with Gasteiger partial charge in [0.2, 0.25) is 0 Å². The molecular weight excluding hydrogens is 380 g/mol. The normalized spacial score (nSPS) is 22.9. The number of carbonyl (C=O) groups is 2. The quantitative estimate of drug-likeness (QED) is 0.701. The van der Waals surface area contributed by atoms with Crippen molar-refractivity contribution in [1.82, 2.24) is 10.2 Å². The van der Waals surface area contributed by atoms with Gasteiger partial charge in [0.15, 0.2) is 19.1 Å². The third kappa shape index (κ3) is 3.53. The van der Waals surface area contributed by atoms with Crippen LogP contribution in [0.3, 0.4) is 0 Å². The molecule has 9 heteroatoms. The summed E-state index contributed by atoms with van der Waals surface area (Å²) in [7, 11) is 0. The number of amides is 3. The molecule has 2 fully saturated rings. The van der Waals surface area contributed by atoms with Gasteiger partial charge in [0.1, 0.15) is 17.2 Å². The molecule has 152 valence electrons. The van der Waals surface area contributed by atoms with Crippen molar-refractivity contribution in [1.29, 1.82) is 0 Å². The van der Waals surface area contributed by atoms with Gasteiger partial charge in [-0.05, 0) is 25.1 Å². The maximum absolute atomic E-state index is 14.3. The Bertz CT molecular complexity index is 934. The first kappa shape index (κ1) is 19.3. The fraction of sp³-hybridized carbons (Fsp3) is 0.350. The van der Waals surface area contributed by atoms with Crippen molar-refractivity contribution >= 4 is 17.6 Å². The summed E-state index contributed by atoms with van der Waals surface area (Å²) >= 11 is 0. The van der Waals surface area contributed by atoms with Gasteiger partial charge in [0, 0.05) is 23.4 Å². The third-order valence-corrected chi connectivity index (χ3v) is 5.66. The molecule has 1 atom stereocenters. The molecule has 0 radical (unpaired) electrons. The lowest BCUT2D eigenvalue weighted by Crippen LogP contribution is -3.16. The van der Waals surface area contributed by atoms with Crippen LogP contribution in [0.2, 0.25) is 0 Å². The van der Waals surface area contributed by atoms with Gasteiger partial charge in [-0.2, -0.15) is 0 Å². The number of benzene rings is 1. The number of carbonyl (C=O) groups excluding carboxylic acids is 2. The predicted octanol–water partition coefficient (Wildman–Crippen LogP) is -0.0915. The van der Waals surface area contributed by atoms with Crippen LogP contribution in [0.4, 0.5) is 19.3 Å². The van der Waals surface area contributed by atoms with Crippen molar-refractivity contribution in [3.63, 3.8) is 0 Å². The molecule has 0 spiro atoms. The summed E-state index contributed by atoms with van der Waals surface area (Å²) in [5.74, 6) is -1.96. The number of nitrogens with one attached hydrogen (secondary N) is 3. The molecule has 2 saturated heterocycles. The Hall–Kier alpha value is -3.07. The lowest BCUT2D eigenvalue weighted by atomic mass is 9.91. The van der Waals surface area contributed by atoms with Gasteiger partial charge < -0.3 is 15.1 Å². The van der Waals surface area contributed by atoms with Gasteiger partial charge in [-0.25, -0.2) is 23.5 Å². The molecule has 2 aliphatic rings. The molecule has 3 heterocycles. The SMILES string of the molecule is C[C@@]1(c2cc(F)ccc2F)NC(=O)N(C[NH+]2CCN(c3cc[nH+]cc3)CC2)C1=O. The molecule has 0 bridgehead atoms. The summed E-state index contributed by atoms with van der Waals surface area (Å²) in [5, 5.41) is 2.54. The number of anilines is 1. The number of aromatic nitrogens is 1. The zero-order valence-electron chi connectivity index (χ0n) is 16.0. The summed E-state index contributed by atoms with van der Waals surface area (Å²) in [6.45, 7) is 4.68. The number of quaternary nitrogens is 1. The van der Waals surface area contributed by atoms with Gasteiger partial charge in [0.05, 0.1) is 26.2 Å². The van der Waals surface area contributed by atoms with Crippen molar-refractivity contribution in [2.45, 2.75) is 12.5 Å². The number of pyridine rings is 1. The van der Waals surface area contributed by atoms with Crippen LogP contribution in [-0.2, 0) is 10.3 Å². The highest BCUT2D eigenvalue weighted by atomic mass is 19.1. The molecule has 0 unspecified atom stereocenters. The Morgan fingerprint density at radius 1 is 1.14 bits per heavy atom. The maximum atomic E-state index is 14.3. The molecule has 7 nitrogen and oxygen atoms in total. The first-order chi connectivity index (χ1) is 13.9. The van der Waals surface area contributed by atoms with Gasteiger partial charge in [-0.3, -0.25) is 4.79 Å². The summed E-state index contributed by atoms with van der Waals surface area (Å²) in [4.78, 5) is 32.9. The molecule has 2 aromatic rings. The van der Waals surface area contributed by atoms with E-state index in [1.54, 1.807) is 0 Å². The summed E-state index contributed by atoms with van der Waals surface area (Å²) < 4.78 is 27.9. The van der Waals surface area contributed by atoms with E-state index in [2.05, 4.69) is 15.2 Å². The van der Waals surface area contributed by atoms with Gasteiger partial charge in [-0.15, -0.1) is 0 Å². The standard InChI is InChI=1S/C20H21F2N5O2/c1-20(16-12-14(21)2-3-17(16)22)18(28)27(19(29)24-20)13-25-8-10-26(11-9-25)15-4-6-23-7-5-15/h2-7,12H,8-11,13H2,1H3,(H,24,29)/p+2/t20-/m0/s1. The first-order valence-electron chi connectivity index (χ1n) is 9.53. The highest BCUT2D eigenvalue weighted by Gasteiger charge is 2.51. The first-order valence-corrected chi connectivity index (χ1v) is 9.53. The van der Waals surface area contributed by atoms with Crippen LogP contribution >= 0.6 is 0 Å². The fourth-order valence-corrected chi connectivity index (χ4v) is 3.96. The number of nitrogens with zero attached hydrogens (tertiary/aromatic N) is 2. The molecule has 3 N–H and O–H groups in total. The summed E-state index contributed by atoms with van der Waals surface area (Å²) in [6, 6.07) is 6.32.